The van der Waals surface area contributed by atoms with Crippen molar-refractivity contribution in [2.75, 3.05) is 31.2 Å². The van der Waals surface area contributed by atoms with Crippen molar-refractivity contribution in [3.63, 3.8) is 0 Å². The molecule has 2 amide bonds. The summed E-state index contributed by atoms with van der Waals surface area (Å²) in [5.41, 5.74) is 0.802. The number of anilines is 1. The SMILES string of the molecule is O=C(COc1cccc(N2CCCC2=O)c1)NCCCO. The lowest BCUT2D eigenvalue weighted by Gasteiger charge is -2.16. The van der Waals surface area contributed by atoms with Gasteiger partial charge in [-0.25, -0.2) is 0 Å². The highest BCUT2D eigenvalue weighted by atomic mass is 16.5. The Morgan fingerprint density at radius 1 is 1.43 bits per heavy atom. The Balaban J connectivity index is 1.86. The Morgan fingerprint density at radius 3 is 3.00 bits per heavy atom. The third-order valence-electron chi connectivity index (χ3n) is 3.23. The quantitative estimate of drug-likeness (QED) is 0.725. The summed E-state index contributed by atoms with van der Waals surface area (Å²) in [5.74, 6) is 0.449. The number of nitrogens with zero attached hydrogens (tertiary/aromatic N) is 1. The molecular formula is C15H20N2O4. The molecule has 1 aromatic carbocycles. The van der Waals surface area contributed by atoms with Crippen LogP contribution < -0.4 is 15.0 Å². The highest BCUT2D eigenvalue weighted by Crippen LogP contribution is 2.25. The van der Waals surface area contributed by atoms with E-state index in [4.69, 9.17) is 9.84 Å². The molecule has 0 unspecified atom stereocenters. The van der Waals surface area contributed by atoms with Crippen LogP contribution >= 0.6 is 0 Å². The van der Waals surface area contributed by atoms with Gasteiger partial charge in [0.15, 0.2) is 6.61 Å². The number of rotatable bonds is 7. The summed E-state index contributed by atoms with van der Waals surface area (Å²) in [6, 6.07) is 7.19. The van der Waals surface area contributed by atoms with E-state index in [1.54, 1.807) is 23.1 Å². The molecule has 0 aromatic heterocycles. The van der Waals surface area contributed by atoms with Crippen LogP contribution in [0.1, 0.15) is 19.3 Å². The molecule has 0 saturated carbocycles. The molecule has 2 rings (SSSR count). The fraction of sp³-hybridized carbons (Fsp3) is 0.467. The fourth-order valence-corrected chi connectivity index (χ4v) is 2.17. The Hall–Kier alpha value is -2.08. The van der Waals surface area contributed by atoms with E-state index in [0.29, 0.717) is 25.1 Å². The van der Waals surface area contributed by atoms with Gasteiger partial charge in [0.05, 0.1) is 0 Å². The van der Waals surface area contributed by atoms with E-state index in [1.807, 2.05) is 6.07 Å². The second-order valence-corrected chi connectivity index (χ2v) is 4.86. The lowest BCUT2D eigenvalue weighted by molar-refractivity contribution is -0.123. The predicted octanol–water partition coefficient (Wildman–Crippen LogP) is 0.691. The number of carbonyl (C=O) groups excluding carboxylic acids is 2. The lowest BCUT2D eigenvalue weighted by atomic mass is 10.3. The van der Waals surface area contributed by atoms with Gasteiger partial charge in [-0.3, -0.25) is 9.59 Å². The molecule has 2 N–H and O–H groups in total. The third-order valence-corrected chi connectivity index (χ3v) is 3.23. The number of nitrogens with one attached hydrogen (secondary N) is 1. The molecular weight excluding hydrogens is 272 g/mol. The van der Waals surface area contributed by atoms with Crippen molar-refractivity contribution in [2.45, 2.75) is 19.3 Å². The zero-order valence-corrected chi connectivity index (χ0v) is 11.9. The molecule has 0 bridgehead atoms. The van der Waals surface area contributed by atoms with Crippen molar-refractivity contribution in [1.82, 2.24) is 5.32 Å². The average Bonchev–Trinajstić information content (AvgIpc) is 2.92. The zero-order chi connectivity index (χ0) is 15.1. The smallest absolute Gasteiger partial charge is 0.257 e. The van der Waals surface area contributed by atoms with Crippen LogP contribution in [0.25, 0.3) is 0 Å². The largest absolute Gasteiger partial charge is 0.484 e. The Labute approximate surface area is 123 Å². The highest BCUT2D eigenvalue weighted by Gasteiger charge is 2.21. The van der Waals surface area contributed by atoms with E-state index < -0.39 is 0 Å². The predicted molar refractivity (Wildman–Crippen MR) is 78.2 cm³/mol. The van der Waals surface area contributed by atoms with E-state index in [2.05, 4.69) is 5.32 Å². The summed E-state index contributed by atoms with van der Waals surface area (Å²) in [6.45, 7) is 1.13. The first-order valence-electron chi connectivity index (χ1n) is 7.11. The molecule has 1 aliphatic heterocycles. The Morgan fingerprint density at radius 2 is 2.29 bits per heavy atom. The maximum atomic E-state index is 11.7. The van der Waals surface area contributed by atoms with Crippen molar-refractivity contribution in [1.29, 1.82) is 0 Å². The second-order valence-electron chi connectivity index (χ2n) is 4.86. The first-order valence-corrected chi connectivity index (χ1v) is 7.11. The minimum absolute atomic E-state index is 0.0487. The van der Waals surface area contributed by atoms with E-state index in [-0.39, 0.29) is 25.0 Å². The van der Waals surface area contributed by atoms with E-state index in [9.17, 15) is 9.59 Å². The second kappa shape index (κ2) is 7.64. The molecule has 1 saturated heterocycles. The average molecular weight is 292 g/mol. The van der Waals surface area contributed by atoms with Gasteiger partial charge in [0.25, 0.3) is 5.91 Å². The number of hydrogen-bond acceptors (Lipinski definition) is 4. The van der Waals surface area contributed by atoms with Gasteiger partial charge in [-0.15, -0.1) is 0 Å². The molecule has 21 heavy (non-hydrogen) atoms. The topological polar surface area (TPSA) is 78.9 Å². The summed E-state index contributed by atoms with van der Waals surface area (Å²) < 4.78 is 5.42. The molecule has 114 valence electrons. The van der Waals surface area contributed by atoms with Crippen molar-refractivity contribution in [3.8, 4) is 5.75 Å². The molecule has 0 atom stereocenters. The number of amides is 2. The number of ether oxygens (including phenoxy) is 1. The van der Waals surface area contributed by atoms with Crippen LogP contribution in [-0.2, 0) is 9.59 Å². The fourth-order valence-electron chi connectivity index (χ4n) is 2.17. The van der Waals surface area contributed by atoms with Crippen LogP contribution in [0.4, 0.5) is 5.69 Å². The third kappa shape index (κ3) is 4.46. The van der Waals surface area contributed by atoms with E-state index in [0.717, 1.165) is 18.7 Å². The van der Waals surface area contributed by atoms with Crippen LogP contribution in [-0.4, -0.2) is 43.2 Å². The van der Waals surface area contributed by atoms with Gasteiger partial charge >= 0.3 is 0 Å². The molecule has 0 spiro atoms. The zero-order valence-electron chi connectivity index (χ0n) is 11.9. The summed E-state index contributed by atoms with van der Waals surface area (Å²) in [5, 5.41) is 11.3. The van der Waals surface area contributed by atoms with Crippen LogP contribution in [0.15, 0.2) is 24.3 Å². The standard InChI is InChI=1S/C15H20N2O4/c18-9-3-7-16-14(19)11-21-13-5-1-4-12(10-13)17-8-2-6-15(17)20/h1,4-5,10,18H,2-3,6-9,11H2,(H,16,19). The number of benzene rings is 1. The van der Waals surface area contributed by atoms with Crippen molar-refractivity contribution in [3.05, 3.63) is 24.3 Å². The summed E-state index contributed by atoms with van der Waals surface area (Å²) in [4.78, 5) is 24.9. The number of hydrogen-bond donors (Lipinski definition) is 2. The summed E-state index contributed by atoms with van der Waals surface area (Å²) >= 11 is 0. The molecule has 6 heteroatoms. The van der Waals surface area contributed by atoms with Gasteiger partial charge < -0.3 is 20.1 Å². The van der Waals surface area contributed by atoms with Crippen molar-refractivity contribution in [2.24, 2.45) is 0 Å². The van der Waals surface area contributed by atoms with Crippen molar-refractivity contribution < 1.29 is 19.4 Å². The number of carbonyl (C=O) groups is 2. The van der Waals surface area contributed by atoms with E-state index in [1.165, 1.54) is 0 Å². The van der Waals surface area contributed by atoms with Gasteiger partial charge in [-0.2, -0.15) is 0 Å². The van der Waals surface area contributed by atoms with Gasteiger partial charge in [0, 0.05) is 37.9 Å². The van der Waals surface area contributed by atoms with Crippen LogP contribution in [0, 0.1) is 0 Å². The molecule has 1 fully saturated rings. The number of aliphatic hydroxyl groups is 1. The lowest BCUT2D eigenvalue weighted by Crippen LogP contribution is -2.30. The Bertz CT molecular complexity index is 504. The molecule has 0 aliphatic carbocycles. The normalized spacial score (nSPS) is 14.3. The Kier molecular flexibility index (Phi) is 5.57. The molecule has 1 heterocycles. The highest BCUT2D eigenvalue weighted by molar-refractivity contribution is 5.95. The van der Waals surface area contributed by atoms with Crippen LogP contribution in [0.3, 0.4) is 0 Å². The minimum Gasteiger partial charge on any atom is -0.484 e. The molecule has 1 aliphatic rings. The van der Waals surface area contributed by atoms with Crippen molar-refractivity contribution >= 4 is 17.5 Å². The number of aliphatic hydroxyl groups excluding tert-OH is 1. The van der Waals surface area contributed by atoms with Gasteiger partial charge in [-0.1, -0.05) is 6.07 Å². The van der Waals surface area contributed by atoms with Crippen LogP contribution in [0.5, 0.6) is 5.75 Å². The molecule has 0 radical (unpaired) electrons. The maximum Gasteiger partial charge on any atom is 0.257 e. The summed E-state index contributed by atoms with van der Waals surface area (Å²) in [6.07, 6.45) is 1.98. The van der Waals surface area contributed by atoms with Gasteiger partial charge in [-0.05, 0) is 25.0 Å². The van der Waals surface area contributed by atoms with Crippen LogP contribution in [0.2, 0.25) is 0 Å². The van der Waals surface area contributed by atoms with E-state index >= 15 is 0 Å². The van der Waals surface area contributed by atoms with Gasteiger partial charge in [0.1, 0.15) is 5.75 Å². The maximum absolute atomic E-state index is 11.7. The van der Waals surface area contributed by atoms with Gasteiger partial charge in [0.2, 0.25) is 5.91 Å². The summed E-state index contributed by atoms with van der Waals surface area (Å²) in [7, 11) is 0. The monoisotopic (exact) mass is 292 g/mol. The minimum atomic E-state index is -0.230. The molecule has 6 nitrogen and oxygen atoms in total. The first kappa shape index (κ1) is 15.3. The molecule has 1 aromatic rings. The first-order chi connectivity index (χ1) is 10.2.